The average Bonchev–Trinajstić information content (AvgIpc) is 2.77. The predicted octanol–water partition coefficient (Wildman–Crippen LogP) is 4.10. The number of amides is 1. The van der Waals surface area contributed by atoms with Crippen LogP contribution in [-0.2, 0) is 16.0 Å². The Morgan fingerprint density at radius 1 is 1.20 bits per heavy atom. The number of hydrogen-bond acceptors (Lipinski definition) is 4. The lowest BCUT2D eigenvalue weighted by Crippen LogP contribution is -2.34. The Hall–Kier alpha value is -3.28. The molecular weight excluding hydrogens is 402 g/mol. The van der Waals surface area contributed by atoms with Crippen molar-refractivity contribution in [1.82, 2.24) is 4.90 Å². The highest BCUT2D eigenvalue weighted by Crippen LogP contribution is 2.28. The summed E-state index contributed by atoms with van der Waals surface area (Å²) < 4.78 is 16.3. The minimum Gasteiger partial charge on any atom is -0.493 e. The molecule has 0 spiro atoms. The molecule has 0 radical (unpaired) electrons. The zero-order valence-corrected chi connectivity index (χ0v) is 18.0. The van der Waals surface area contributed by atoms with Gasteiger partial charge in [-0.3, -0.25) is 4.79 Å². The van der Waals surface area contributed by atoms with Crippen molar-refractivity contribution in [2.24, 2.45) is 0 Å². The first-order chi connectivity index (χ1) is 14.5. The largest absolute Gasteiger partial charge is 0.493 e. The number of hydrogen-bond donors (Lipinski definition) is 0. The molecule has 1 amide bonds. The Labute approximate surface area is 182 Å². The van der Waals surface area contributed by atoms with Gasteiger partial charge in [-0.2, -0.15) is 0 Å². The van der Waals surface area contributed by atoms with Crippen LogP contribution in [0.1, 0.15) is 24.2 Å². The third kappa shape index (κ3) is 6.37. The third-order valence-corrected chi connectivity index (χ3v) is 4.58. The summed E-state index contributed by atoms with van der Waals surface area (Å²) in [6.07, 6.45) is 7.57. The minimum atomic E-state index is -0.825. The van der Waals surface area contributed by atoms with Crippen molar-refractivity contribution < 1.29 is 19.0 Å². The highest BCUT2D eigenvalue weighted by Gasteiger charge is 2.25. The topological polar surface area (TPSA) is 48.0 Å². The second-order valence-electron chi connectivity index (χ2n) is 6.39. The van der Waals surface area contributed by atoms with E-state index in [4.69, 9.17) is 32.2 Å². The van der Waals surface area contributed by atoms with Gasteiger partial charge in [0.05, 0.1) is 7.11 Å². The average molecular weight is 426 g/mol. The molecule has 0 heterocycles. The van der Waals surface area contributed by atoms with Crippen LogP contribution < -0.4 is 9.47 Å². The van der Waals surface area contributed by atoms with Gasteiger partial charge in [-0.15, -0.1) is 6.42 Å². The predicted molar refractivity (Wildman–Crippen MR) is 117 cm³/mol. The summed E-state index contributed by atoms with van der Waals surface area (Å²) in [5.41, 5.74) is 1.69. The molecule has 0 fully saturated rings. The van der Waals surface area contributed by atoms with Gasteiger partial charge >= 0.3 is 0 Å². The van der Waals surface area contributed by atoms with Crippen molar-refractivity contribution in [1.29, 1.82) is 0 Å². The molecule has 0 aliphatic rings. The van der Waals surface area contributed by atoms with Gasteiger partial charge < -0.3 is 19.1 Å². The van der Waals surface area contributed by atoms with E-state index in [2.05, 4.69) is 17.9 Å². The molecule has 2 aromatic rings. The van der Waals surface area contributed by atoms with Gasteiger partial charge in [0.25, 0.3) is 5.91 Å². The number of nitrogens with zero attached hydrogens (tertiary/aromatic N) is 1. The monoisotopic (exact) mass is 425 g/mol. The van der Waals surface area contributed by atoms with Crippen LogP contribution in [0.2, 0.25) is 5.02 Å². The summed E-state index contributed by atoms with van der Waals surface area (Å²) in [6, 6.07) is 12.6. The summed E-state index contributed by atoms with van der Waals surface area (Å²) in [7, 11) is 3.30. The molecule has 30 heavy (non-hydrogen) atoms. The zero-order chi connectivity index (χ0) is 21.9. The van der Waals surface area contributed by atoms with Crippen LogP contribution in [0.3, 0.4) is 0 Å². The van der Waals surface area contributed by atoms with Crippen molar-refractivity contribution in [2.45, 2.75) is 19.4 Å². The highest BCUT2D eigenvalue weighted by molar-refractivity contribution is 6.30. The Morgan fingerprint density at radius 2 is 1.93 bits per heavy atom. The summed E-state index contributed by atoms with van der Waals surface area (Å²) >= 11 is 5.95. The van der Waals surface area contributed by atoms with Gasteiger partial charge in [-0.1, -0.05) is 41.6 Å². The van der Waals surface area contributed by atoms with Crippen LogP contribution in [0.5, 0.6) is 11.5 Å². The van der Waals surface area contributed by atoms with Gasteiger partial charge in [-0.25, -0.2) is 0 Å². The van der Waals surface area contributed by atoms with Crippen molar-refractivity contribution in [2.75, 3.05) is 27.3 Å². The van der Waals surface area contributed by atoms with Crippen LogP contribution in [0.25, 0.3) is 0 Å². The second kappa shape index (κ2) is 11.7. The first-order valence-corrected chi connectivity index (χ1v) is 9.69. The number of ether oxygens (including phenoxy) is 3. The van der Waals surface area contributed by atoms with E-state index in [1.165, 1.54) is 0 Å². The lowest BCUT2D eigenvalue weighted by atomic mass is 10.1. The Balaban J connectivity index is 2.08. The van der Waals surface area contributed by atoms with E-state index in [9.17, 15) is 4.79 Å². The Kier molecular flexibility index (Phi) is 8.94. The smallest absolute Gasteiger partial charge is 0.269 e. The van der Waals surface area contributed by atoms with Crippen molar-refractivity contribution in [3.05, 3.63) is 58.6 Å². The fraction of sp³-hybridized carbons (Fsp3) is 0.292. The van der Waals surface area contributed by atoms with E-state index >= 15 is 0 Å². The van der Waals surface area contributed by atoms with Gasteiger partial charge in [0.15, 0.2) is 11.5 Å². The molecule has 6 heteroatoms. The zero-order valence-electron chi connectivity index (χ0n) is 17.3. The lowest BCUT2D eigenvalue weighted by molar-refractivity contribution is -0.138. The summed E-state index contributed by atoms with van der Waals surface area (Å²) in [5, 5.41) is 0.587. The molecule has 2 aromatic carbocycles. The molecule has 156 valence electrons. The van der Waals surface area contributed by atoms with Crippen LogP contribution in [-0.4, -0.2) is 38.1 Å². The molecule has 0 saturated heterocycles. The number of carbonyl (C=O) groups excluding carboxylic acids is 1. The number of terminal acetylenes is 1. The molecule has 0 N–H and O–H groups in total. The first-order valence-electron chi connectivity index (χ1n) is 9.31. The summed E-state index contributed by atoms with van der Waals surface area (Å²) in [6.45, 7) is 2.30. The van der Waals surface area contributed by atoms with E-state index in [0.29, 0.717) is 35.1 Å². The fourth-order valence-corrected chi connectivity index (χ4v) is 2.86. The Morgan fingerprint density at radius 3 is 2.57 bits per heavy atom. The van der Waals surface area contributed by atoms with Crippen molar-refractivity contribution >= 4 is 17.5 Å². The maximum absolute atomic E-state index is 13.0. The molecular formula is C24H24ClNO4. The molecule has 0 bridgehead atoms. The summed E-state index contributed by atoms with van der Waals surface area (Å²) in [4.78, 5) is 14.6. The van der Waals surface area contributed by atoms with Crippen molar-refractivity contribution in [3.8, 4) is 35.9 Å². The van der Waals surface area contributed by atoms with Crippen LogP contribution in [0, 0.1) is 24.4 Å². The molecule has 0 aliphatic heterocycles. The van der Waals surface area contributed by atoms with Crippen LogP contribution in [0.15, 0.2) is 42.5 Å². The third-order valence-electron chi connectivity index (χ3n) is 4.33. The minimum absolute atomic E-state index is 0.166. The number of benzene rings is 2. The number of carbonyl (C=O) groups is 1. The van der Waals surface area contributed by atoms with E-state index in [1.807, 2.05) is 18.2 Å². The van der Waals surface area contributed by atoms with Gasteiger partial charge in [0.1, 0.15) is 12.7 Å². The maximum atomic E-state index is 13.0. The van der Waals surface area contributed by atoms with Gasteiger partial charge in [-0.05, 0) is 36.2 Å². The van der Waals surface area contributed by atoms with Gasteiger partial charge in [0, 0.05) is 31.1 Å². The fourth-order valence-electron chi connectivity index (χ4n) is 2.73. The van der Waals surface area contributed by atoms with E-state index in [1.54, 1.807) is 50.2 Å². The number of methoxy groups -OCH3 is 1. The Bertz CT molecular complexity index is 954. The standard InChI is InChI=1S/C24H24ClNO4/c1-5-15-29-21-12-7-18(17-22(21)28-4)13-14-26(3)24(27)23(30-16-6-2)19-8-10-20(25)11-9-19/h1,7-12,17,23H,13-15H2,2-4H3. The molecule has 5 nitrogen and oxygen atoms in total. The SMILES string of the molecule is C#CCOc1ccc(CCN(C)C(=O)C(OC#CC)c2ccc(Cl)cc2)cc1OC. The molecule has 0 saturated carbocycles. The summed E-state index contributed by atoms with van der Waals surface area (Å²) in [5.74, 6) is 6.06. The normalized spacial score (nSPS) is 10.8. The van der Waals surface area contributed by atoms with E-state index in [0.717, 1.165) is 5.56 Å². The quantitative estimate of drug-likeness (QED) is 0.567. The molecule has 2 rings (SSSR count). The molecule has 0 aliphatic carbocycles. The first kappa shape index (κ1) is 23.0. The maximum Gasteiger partial charge on any atom is 0.269 e. The van der Waals surface area contributed by atoms with E-state index in [-0.39, 0.29) is 12.5 Å². The number of halogens is 1. The molecule has 1 unspecified atom stereocenters. The lowest BCUT2D eigenvalue weighted by Gasteiger charge is -2.23. The van der Waals surface area contributed by atoms with Crippen LogP contribution in [0.4, 0.5) is 0 Å². The second-order valence-corrected chi connectivity index (χ2v) is 6.83. The molecule has 0 aromatic heterocycles. The number of likely N-dealkylation sites (N-methyl/N-ethyl adjacent to an activating group) is 1. The van der Waals surface area contributed by atoms with E-state index < -0.39 is 6.10 Å². The molecule has 1 atom stereocenters. The van der Waals surface area contributed by atoms with Crippen LogP contribution >= 0.6 is 11.6 Å². The van der Waals surface area contributed by atoms with Gasteiger partial charge in [0.2, 0.25) is 6.10 Å². The van der Waals surface area contributed by atoms with Crippen molar-refractivity contribution in [3.63, 3.8) is 0 Å². The number of rotatable bonds is 9. The highest BCUT2D eigenvalue weighted by atomic mass is 35.5.